The number of carbonyl (C=O) groups excluding carboxylic acids is 1. The van der Waals surface area contributed by atoms with Crippen LogP contribution in [0.25, 0.3) is 11.5 Å². The van der Waals surface area contributed by atoms with Crippen LogP contribution >= 0.6 is 0 Å². The minimum absolute atomic E-state index is 0.00218. The monoisotopic (exact) mass is 288 g/mol. The standard InChI is InChI=1S/C13H16N6O2/c1-2-19-7-6-14-13(20)10(19)8-11-16-12(18-21-11)9-4-3-5-15-17-9/h3-5,10H,2,6-8H2,1H3,(H,14,20)/t10-/m1/s1. The molecular formula is C13H16N6O2. The van der Waals surface area contributed by atoms with E-state index in [1.54, 1.807) is 18.3 Å². The maximum atomic E-state index is 12.0. The van der Waals surface area contributed by atoms with E-state index < -0.39 is 0 Å². The Hall–Kier alpha value is -2.35. The quantitative estimate of drug-likeness (QED) is 0.838. The van der Waals surface area contributed by atoms with Gasteiger partial charge < -0.3 is 9.84 Å². The Kier molecular flexibility index (Phi) is 3.87. The molecule has 1 aliphatic rings. The Morgan fingerprint density at radius 2 is 2.43 bits per heavy atom. The highest BCUT2D eigenvalue weighted by atomic mass is 16.5. The van der Waals surface area contributed by atoms with E-state index in [1.807, 2.05) is 6.92 Å². The van der Waals surface area contributed by atoms with Gasteiger partial charge in [-0.1, -0.05) is 12.1 Å². The van der Waals surface area contributed by atoms with Gasteiger partial charge in [-0.05, 0) is 18.7 Å². The predicted octanol–water partition coefficient (Wildman–Crippen LogP) is -0.111. The van der Waals surface area contributed by atoms with Crippen LogP contribution in [0.5, 0.6) is 0 Å². The third kappa shape index (κ3) is 2.89. The first-order valence-electron chi connectivity index (χ1n) is 6.90. The summed E-state index contributed by atoms with van der Waals surface area (Å²) in [5, 5.41) is 14.5. The van der Waals surface area contributed by atoms with Crippen LogP contribution in [0.4, 0.5) is 0 Å². The molecule has 8 heteroatoms. The second-order valence-corrected chi connectivity index (χ2v) is 4.76. The zero-order valence-electron chi connectivity index (χ0n) is 11.7. The second kappa shape index (κ2) is 5.96. The topological polar surface area (TPSA) is 97.0 Å². The largest absolute Gasteiger partial charge is 0.353 e. The van der Waals surface area contributed by atoms with Gasteiger partial charge in [-0.15, -0.1) is 5.10 Å². The van der Waals surface area contributed by atoms with E-state index in [-0.39, 0.29) is 11.9 Å². The van der Waals surface area contributed by atoms with Crippen molar-refractivity contribution in [2.45, 2.75) is 19.4 Å². The summed E-state index contributed by atoms with van der Waals surface area (Å²) in [6.45, 7) is 4.35. The Morgan fingerprint density at radius 3 is 3.19 bits per heavy atom. The molecule has 0 radical (unpaired) electrons. The van der Waals surface area contributed by atoms with Gasteiger partial charge in [0, 0.05) is 19.3 Å². The van der Waals surface area contributed by atoms with Gasteiger partial charge in [0.15, 0.2) is 0 Å². The highest BCUT2D eigenvalue weighted by molar-refractivity contribution is 5.82. The average molecular weight is 288 g/mol. The van der Waals surface area contributed by atoms with Gasteiger partial charge in [0.05, 0.1) is 12.5 Å². The number of aromatic nitrogens is 4. The van der Waals surface area contributed by atoms with E-state index in [0.717, 1.165) is 13.1 Å². The van der Waals surface area contributed by atoms with Crippen molar-refractivity contribution >= 4 is 5.91 Å². The predicted molar refractivity (Wildman–Crippen MR) is 73.1 cm³/mol. The summed E-state index contributed by atoms with van der Waals surface area (Å²) >= 11 is 0. The molecule has 0 unspecified atom stereocenters. The normalized spacial score (nSPS) is 19.5. The molecule has 0 bridgehead atoms. The minimum Gasteiger partial charge on any atom is -0.353 e. The van der Waals surface area contributed by atoms with Crippen LogP contribution in [0, 0.1) is 0 Å². The third-order valence-electron chi connectivity index (χ3n) is 3.49. The van der Waals surface area contributed by atoms with Crippen LogP contribution in [-0.2, 0) is 11.2 Å². The zero-order chi connectivity index (χ0) is 14.7. The molecule has 3 heterocycles. The summed E-state index contributed by atoms with van der Waals surface area (Å²) in [6, 6.07) is 3.25. The molecule has 1 N–H and O–H groups in total. The molecule has 21 heavy (non-hydrogen) atoms. The molecule has 0 spiro atoms. The van der Waals surface area contributed by atoms with Crippen LogP contribution in [0.1, 0.15) is 12.8 Å². The lowest BCUT2D eigenvalue weighted by molar-refractivity contribution is -0.129. The number of hydrogen-bond acceptors (Lipinski definition) is 7. The number of piperazine rings is 1. The Morgan fingerprint density at radius 1 is 1.52 bits per heavy atom. The van der Waals surface area contributed by atoms with Gasteiger partial charge in [0.2, 0.25) is 17.6 Å². The van der Waals surface area contributed by atoms with Crippen molar-refractivity contribution in [1.82, 2.24) is 30.6 Å². The highest BCUT2D eigenvalue weighted by Crippen LogP contribution is 2.15. The van der Waals surface area contributed by atoms with E-state index in [1.165, 1.54) is 0 Å². The van der Waals surface area contributed by atoms with E-state index in [2.05, 4.69) is 30.6 Å². The lowest BCUT2D eigenvalue weighted by atomic mass is 10.1. The first-order valence-corrected chi connectivity index (χ1v) is 6.90. The van der Waals surface area contributed by atoms with Gasteiger partial charge in [-0.3, -0.25) is 9.69 Å². The summed E-state index contributed by atoms with van der Waals surface area (Å²) < 4.78 is 5.23. The second-order valence-electron chi connectivity index (χ2n) is 4.76. The van der Waals surface area contributed by atoms with E-state index >= 15 is 0 Å². The van der Waals surface area contributed by atoms with Crippen LogP contribution < -0.4 is 5.32 Å². The summed E-state index contributed by atoms with van der Waals surface area (Å²) in [5.74, 6) is 0.816. The van der Waals surface area contributed by atoms with Gasteiger partial charge in [0.25, 0.3) is 0 Å². The van der Waals surface area contributed by atoms with E-state index in [9.17, 15) is 4.79 Å². The fourth-order valence-electron chi connectivity index (χ4n) is 2.39. The molecular weight excluding hydrogens is 272 g/mol. The van der Waals surface area contributed by atoms with Gasteiger partial charge in [0.1, 0.15) is 5.69 Å². The maximum Gasteiger partial charge on any atom is 0.237 e. The molecule has 1 fully saturated rings. The molecule has 1 saturated heterocycles. The minimum atomic E-state index is -0.265. The first kappa shape index (κ1) is 13.6. The van der Waals surface area contributed by atoms with E-state index in [0.29, 0.717) is 30.4 Å². The van der Waals surface area contributed by atoms with Crippen molar-refractivity contribution < 1.29 is 9.32 Å². The fraction of sp³-hybridized carbons (Fsp3) is 0.462. The van der Waals surface area contributed by atoms with Crippen molar-refractivity contribution in [1.29, 1.82) is 0 Å². The number of likely N-dealkylation sites (N-methyl/N-ethyl adjacent to an activating group) is 1. The number of nitrogens with one attached hydrogen (secondary N) is 1. The molecule has 2 aromatic rings. The van der Waals surface area contributed by atoms with Crippen molar-refractivity contribution in [2.75, 3.05) is 19.6 Å². The Bertz CT molecular complexity index is 614. The molecule has 3 rings (SSSR count). The molecule has 2 aromatic heterocycles. The van der Waals surface area contributed by atoms with Gasteiger partial charge in [-0.25, -0.2) is 0 Å². The molecule has 0 aliphatic carbocycles. The van der Waals surface area contributed by atoms with Crippen LogP contribution in [0.3, 0.4) is 0 Å². The summed E-state index contributed by atoms with van der Waals surface area (Å²) in [6.07, 6.45) is 1.98. The van der Waals surface area contributed by atoms with Crippen molar-refractivity contribution in [3.63, 3.8) is 0 Å². The summed E-state index contributed by atoms with van der Waals surface area (Å²) in [7, 11) is 0. The van der Waals surface area contributed by atoms with Gasteiger partial charge >= 0.3 is 0 Å². The zero-order valence-corrected chi connectivity index (χ0v) is 11.7. The number of hydrogen-bond donors (Lipinski definition) is 1. The lowest BCUT2D eigenvalue weighted by Gasteiger charge is -2.33. The van der Waals surface area contributed by atoms with Crippen molar-refractivity contribution in [3.8, 4) is 11.5 Å². The van der Waals surface area contributed by atoms with E-state index in [4.69, 9.17) is 4.52 Å². The smallest absolute Gasteiger partial charge is 0.237 e. The fourth-order valence-corrected chi connectivity index (χ4v) is 2.39. The molecule has 0 aromatic carbocycles. The van der Waals surface area contributed by atoms with Gasteiger partial charge in [-0.2, -0.15) is 10.1 Å². The van der Waals surface area contributed by atoms with Crippen LogP contribution in [0.2, 0.25) is 0 Å². The number of nitrogens with zero attached hydrogens (tertiary/aromatic N) is 5. The van der Waals surface area contributed by atoms with Crippen molar-refractivity contribution in [3.05, 3.63) is 24.2 Å². The average Bonchev–Trinajstić information content (AvgIpc) is 2.99. The highest BCUT2D eigenvalue weighted by Gasteiger charge is 2.30. The molecule has 1 atom stereocenters. The molecule has 1 aliphatic heterocycles. The Balaban J connectivity index is 1.76. The summed E-state index contributed by atoms with van der Waals surface area (Å²) in [4.78, 5) is 18.4. The maximum absolute atomic E-state index is 12.0. The SMILES string of the molecule is CCN1CCNC(=O)[C@H]1Cc1nc(-c2cccnn2)no1. The first-order chi connectivity index (χ1) is 10.3. The third-order valence-corrected chi connectivity index (χ3v) is 3.49. The molecule has 110 valence electrons. The van der Waals surface area contributed by atoms with Crippen molar-refractivity contribution in [2.24, 2.45) is 0 Å². The molecule has 1 amide bonds. The molecule has 0 saturated carbocycles. The Labute approximate surface area is 121 Å². The summed E-state index contributed by atoms with van der Waals surface area (Å²) in [5.41, 5.74) is 0.549. The number of carbonyl (C=O) groups is 1. The van der Waals surface area contributed by atoms with Crippen LogP contribution in [-0.4, -0.2) is 56.8 Å². The van der Waals surface area contributed by atoms with Crippen LogP contribution in [0.15, 0.2) is 22.9 Å². The molecule has 8 nitrogen and oxygen atoms in total. The lowest BCUT2D eigenvalue weighted by Crippen LogP contribution is -2.55. The number of amides is 1. The number of rotatable bonds is 4.